The predicted octanol–water partition coefficient (Wildman–Crippen LogP) is 4.35. The summed E-state index contributed by atoms with van der Waals surface area (Å²) in [7, 11) is 0. The largest absolute Gasteiger partial charge is 0.481 e. The van der Waals surface area contributed by atoms with E-state index >= 15 is 0 Å². The zero-order valence-electron chi connectivity index (χ0n) is 11.7. The minimum absolute atomic E-state index is 0.120. The summed E-state index contributed by atoms with van der Waals surface area (Å²) in [5.41, 5.74) is 0.387. The number of hydrogen-bond donors (Lipinski definition) is 1. The summed E-state index contributed by atoms with van der Waals surface area (Å²) in [6.07, 6.45) is 1.64. The second-order valence-electron chi connectivity index (χ2n) is 5.78. The van der Waals surface area contributed by atoms with E-state index in [0.717, 1.165) is 34.4 Å². The van der Waals surface area contributed by atoms with E-state index in [1.807, 2.05) is 25.1 Å². The van der Waals surface area contributed by atoms with E-state index in [1.54, 1.807) is 0 Å². The molecule has 2 rings (SSSR count). The molecule has 1 aromatic rings. The quantitative estimate of drug-likeness (QED) is 0.871. The van der Waals surface area contributed by atoms with E-state index in [0.29, 0.717) is 6.54 Å². The highest BCUT2D eigenvalue weighted by atomic mass is 79.9. The molecule has 5 heteroatoms. The van der Waals surface area contributed by atoms with Gasteiger partial charge in [0.05, 0.1) is 5.41 Å². The minimum Gasteiger partial charge on any atom is -0.481 e. The van der Waals surface area contributed by atoms with Crippen LogP contribution < -0.4 is 0 Å². The van der Waals surface area contributed by atoms with Gasteiger partial charge in [-0.25, -0.2) is 0 Å². The Kier molecular flexibility index (Phi) is 4.77. The number of halogens is 2. The lowest BCUT2D eigenvalue weighted by Crippen LogP contribution is -2.46. The fraction of sp³-hybridized carbons (Fsp3) is 0.533. The van der Waals surface area contributed by atoms with Gasteiger partial charge in [-0.1, -0.05) is 33.6 Å². The van der Waals surface area contributed by atoms with E-state index in [2.05, 4.69) is 27.8 Å². The standard InChI is InChI=1S/C15H19BrClNO2/c1-10(12-5-4-11(16)8-13(12)17)18-7-3-6-15(2,9-18)14(19)20/h4-5,8,10H,3,6-7,9H2,1-2H3,(H,19,20). The van der Waals surface area contributed by atoms with E-state index in [4.69, 9.17) is 11.6 Å². The van der Waals surface area contributed by atoms with Crippen molar-refractivity contribution >= 4 is 33.5 Å². The molecule has 0 saturated carbocycles. The Morgan fingerprint density at radius 1 is 1.55 bits per heavy atom. The molecule has 0 radical (unpaired) electrons. The summed E-state index contributed by atoms with van der Waals surface area (Å²) in [4.78, 5) is 13.6. The Morgan fingerprint density at radius 3 is 2.85 bits per heavy atom. The third-order valence-corrected chi connectivity index (χ3v) is 5.02. The molecule has 0 aliphatic carbocycles. The molecular formula is C15H19BrClNO2. The van der Waals surface area contributed by atoms with Gasteiger partial charge in [-0.3, -0.25) is 9.69 Å². The van der Waals surface area contributed by atoms with E-state index in [-0.39, 0.29) is 6.04 Å². The minimum atomic E-state index is -0.712. The highest BCUT2D eigenvalue weighted by Gasteiger charge is 2.39. The SMILES string of the molecule is CC(c1ccc(Br)cc1Cl)N1CCCC(C)(C(=O)O)C1. The van der Waals surface area contributed by atoms with Gasteiger partial charge in [-0.2, -0.15) is 0 Å². The third kappa shape index (κ3) is 3.18. The summed E-state index contributed by atoms with van der Waals surface area (Å²) < 4.78 is 0.951. The number of likely N-dealkylation sites (tertiary alicyclic amines) is 1. The molecule has 1 aliphatic rings. The smallest absolute Gasteiger partial charge is 0.310 e. The van der Waals surface area contributed by atoms with Crippen molar-refractivity contribution in [1.82, 2.24) is 4.90 Å². The maximum Gasteiger partial charge on any atom is 0.310 e. The summed E-state index contributed by atoms with van der Waals surface area (Å²) in [6.45, 7) is 5.40. The Labute approximate surface area is 133 Å². The Morgan fingerprint density at radius 2 is 2.25 bits per heavy atom. The molecule has 0 amide bonds. The molecule has 0 spiro atoms. The van der Waals surface area contributed by atoms with Gasteiger partial charge >= 0.3 is 5.97 Å². The first kappa shape index (κ1) is 15.8. The molecule has 1 aliphatic heterocycles. The van der Waals surface area contributed by atoms with Gasteiger partial charge in [0.1, 0.15) is 0 Å². The van der Waals surface area contributed by atoms with Crippen molar-refractivity contribution < 1.29 is 9.90 Å². The zero-order valence-corrected chi connectivity index (χ0v) is 14.0. The van der Waals surface area contributed by atoms with Gasteiger partial charge < -0.3 is 5.11 Å². The monoisotopic (exact) mass is 359 g/mol. The fourth-order valence-electron chi connectivity index (χ4n) is 2.82. The lowest BCUT2D eigenvalue weighted by atomic mass is 9.81. The first-order chi connectivity index (χ1) is 9.33. The van der Waals surface area contributed by atoms with Crippen LogP contribution in [0, 0.1) is 5.41 Å². The number of aliphatic carboxylic acids is 1. The van der Waals surface area contributed by atoms with E-state index < -0.39 is 11.4 Å². The maximum absolute atomic E-state index is 11.4. The molecule has 2 unspecified atom stereocenters. The summed E-state index contributed by atoms with van der Waals surface area (Å²) in [5, 5.41) is 10.1. The normalized spacial score (nSPS) is 25.4. The predicted molar refractivity (Wildman–Crippen MR) is 84.1 cm³/mol. The molecule has 0 bridgehead atoms. The molecule has 2 atom stereocenters. The van der Waals surface area contributed by atoms with Crippen molar-refractivity contribution in [2.45, 2.75) is 32.7 Å². The van der Waals surface area contributed by atoms with Crippen LogP contribution in [-0.4, -0.2) is 29.1 Å². The number of rotatable bonds is 3. The van der Waals surface area contributed by atoms with Crippen LogP contribution in [0.5, 0.6) is 0 Å². The molecule has 1 heterocycles. The molecule has 1 fully saturated rings. The van der Waals surface area contributed by atoms with Crippen LogP contribution in [0.1, 0.15) is 38.3 Å². The van der Waals surface area contributed by atoms with Crippen LogP contribution in [0.3, 0.4) is 0 Å². The first-order valence-corrected chi connectivity index (χ1v) is 7.93. The van der Waals surface area contributed by atoms with Gasteiger partial charge in [-0.05, 0) is 50.9 Å². The summed E-state index contributed by atoms with van der Waals surface area (Å²) in [5.74, 6) is -0.712. The molecular weight excluding hydrogens is 342 g/mol. The zero-order chi connectivity index (χ0) is 14.9. The number of benzene rings is 1. The number of carboxylic acid groups (broad SMARTS) is 1. The molecule has 1 N–H and O–H groups in total. The van der Waals surface area contributed by atoms with Crippen molar-refractivity contribution in [1.29, 1.82) is 0 Å². The second-order valence-corrected chi connectivity index (χ2v) is 7.10. The number of piperidine rings is 1. The highest BCUT2D eigenvalue weighted by molar-refractivity contribution is 9.10. The van der Waals surface area contributed by atoms with Gasteiger partial charge in [0.15, 0.2) is 0 Å². The molecule has 0 aromatic heterocycles. The third-order valence-electron chi connectivity index (χ3n) is 4.20. The van der Waals surface area contributed by atoms with Crippen molar-refractivity contribution in [3.63, 3.8) is 0 Å². The Hall–Kier alpha value is -0.580. The number of carboxylic acids is 1. The van der Waals surface area contributed by atoms with Crippen LogP contribution in [0.4, 0.5) is 0 Å². The average Bonchev–Trinajstić information content (AvgIpc) is 2.38. The van der Waals surface area contributed by atoms with Gasteiger partial charge in [0, 0.05) is 22.1 Å². The molecule has 20 heavy (non-hydrogen) atoms. The topological polar surface area (TPSA) is 40.5 Å². The Balaban J connectivity index is 2.20. The van der Waals surface area contributed by atoms with Gasteiger partial charge in [-0.15, -0.1) is 0 Å². The first-order valence-electron chi connectivity index (χ1n) is 6.76. The fourth-order valence-corrected chi connectivity index (χ4v) is 3.65. The van der Waals surface area contributed by atoms with E-state index in [9.17, 15) is 9.90 Å². The lowest BCUT2D eigenvalue weighted by molar-refractivity contribution is -0.151. The maximum atomic E-state index is 11.4. The number of carbonyl (C=O) groups is 1. The molecule has 1 saturated heterocycles. The molecule has 1 aromatic carbocycles. The van der Waals surface area contributed by atoms with E-state index in [1.165, 1.54) is 0 Å². The summed E-state index contributed by atoms with van der Waals surface area (Å²) in [6, 6.07) is 5.98. The number of nitrogens with zero attached hydrogens (tertiary/aromatic N) is 1. The van der Waals surface area contributed by atoms with Gasteiger partial charge in [0.25, 0.3) is 0 Å². The highest BCUT2D eigenvalue weighted by Crippen LogP contribution is 2.36. The van der Waals surface area contributed by atoms with Crippen LogP contribution in [0.15, 0.2) is 22.7 Å². The molecule has 110 valence electrons. The van der Waals surface area contributed by atoms with Crippen molar-refractivity contribution in [2.75, 3.05) is 13.1 Å². The summed E-state index contributed by atoms with van der Waals surface area (Å²) >= 11 is 9.71. The van der Waals surface area contributed by atoms with Crippen molar-refractivity contribution in [2.24, 2.45) is 5.41 Å². The van der Waals surface area contributed by atoms with Crippen LogP contribution >= 0.6 is 27.5 Å². The molecule has 3 nitrogen and oxygen atoms in total. The van der Waals surface area contributed by atoms with Crippen LogP contribution in [-0.2, 0) is 4.79 Å². The van der Waals surface area contributed by atoms with Crippen molar-refractivity contribution in [3.05, 3.63) is 33.3 Å². The number of hydrogen-bond acceptors (Lipinski definition) is 2. The van der Waals surface area contributed by atoms with Crippen molar-refractivity contribution in [3.8, 4) is 0 Å². The van der Waals surface area contributed by atoms with Crippen LogP contribution in [0.25, 0.3) is 0 Å². The van der Waals surface area contributed by atoms with Gasteiger partial charge in [0.2, 0.25) is 0 Å². The average molecular weight is 361 g/mol. The Bertz CT molecular complexity index is 523. The van der Waals surface area contributed by atoms with Crippen LogP contribution in [0.2, 0.25) is 5.02 Å². The lowest BCUT2D eigenvalue weighted by Gasteiger charge is -2.41. The second kappa shape index (κ2) is 6.04.